The summed E-state index contributed by atoms with van der Waals surface area (Å²) in [6.07, 6.45) is 2.62. The van der Waals surface area contributed by atoms with Gasteiger partial charge in [0.2, 0.25) is 0 Å². The van der Waals surface area contributed by atoms with Crippen molar-refractivity contribution in [3.63, 3.8) is 0 Å². The van der Waals surface area contributed by atoms with Crippen LogP contribution in [0.1, 0.15) is 25.3 Å². The van der Waals surface area contributed by atoms with Crippen molar-refractivity contribution in [3.05, 3.63) is 28.8 Å². The molecule has 1 aromatic carbocycles. The molecule has 2 rings (SSSR count). The van der Waals surface area contributed by atoms with Crippen LogP contribution in [-0.2, 0) is 6.54 Å². The highest BCUT2D eigenvalue weighted by Crippen LogP contribution is 2.25. The summed E-state index contributed by atoms with van der Waals surface area (Å²) in [6, 6.07) is 6.83. The molecular formula is C15H24ClN3. The monoisotopic (exact) mass is 281 g/mol. The van der Waals surface area contributed by atoms with Crippen molar-refractivity contribution >= 4 is 17.3 Å². The van der Waals surface area contributed by atoms with Crippen LogP contribution in [0.15, 0.2) is 18.2 Å². The highest BCUT2D eigenvalue weighted by Gasteiger charge is 2.24. The quantitative estimate of drug-likeness (QED) is 0.901. The third kappa shape index (κ3) is 3.41. The summed E-state index contributed by atoms with van der Waals surface area (Å²) in [5, 5.41) is 0.769. The highest BCUT2D eigenvalue weighted by atomic mass is 35.5. The van der Waals surface area contributed by atoms with E-state index >= 15 is 0 Å². The Morgan fingerprint density at radius 3 is 2.89 bits per heavy atom. The van der Waals surface area contributed by atoms with Gasteiger partial charge in [0, 0.05) is 36.9 Å². The van der Waals surface area contributed by atoms with Crippen LogP contribution in [0.4, 0.5) is 5.69 Å². The standard InChI is InChI=1S/C15H24ClN3/c1-3-19-8-4-5-14(19)11-18(2)13-7-6-12(10-17)15(16)9-13/h6-7,9,14H,3-5,8,10-11,17H2,1-2H3. The summed E-state index contributed by atoms with van der Waals surface area (Å²) >= 11 is 6.23. The molecule has 0 saturated carbocycles. The van der Waals surface area contributed by atoms with Gasteiger partial charge < -0.3 is 10.6 Å². The molecule has 1 aliphatic rings. The molecule has 1 unspecified atom stereocenters. The lowest BCUT2D eigenvalue weighted by Gasteiger charge is -2.29. The smallest absolute Gasteiger partial charge is 0.0471 e. The van der Waals surface area contributed by atoms with Crippen LogP contribution < -0.4 is 10.6 Å². The van der Waals surface area contributed by atoms with Gasteiger partial charge in [0.05, 0.1) is 0 Å². The first-order valence-electron chi connectivity index (χ1n) is 7.09. The largest absolute Gasteiger partial charge is 0.373 e. The molecule has 106 valence electrons. The maximum Gasteiger partial charge on any atom is 0.0471 e. The molecule has 3 nitrogen and oxygen atoms in total. The SMILES string of the molecule is CCN1CCCC1CN(C)c1ccc(CN)c(Cl)c1. The first kappa shape index (κ1) is 14.6. The van der Waals surface area contributed by atoms with E-state index in [-0.39, 0.29) is 0 Å². The van der Waals surface area contributed by atoms with Gasteiger partial charge in [0.15, 0.2) is 0 Å². The summed E-state index contributed by atoms with van der Waals surface area (Å²) < 4.78 is 0. The number of likely N-dealkylation sites (N-methyl/N-ethyl adjacent to an activating group) is 2. The molecule has 1 fully saturated rings. The molecule has 2 N–H and O–H groups in total. The highest BCUT2D eigenvalue weighted by molar-refractivity contribution is 6.31. The Kier molecular flexibility index (Phi) is 5.08. The molecule has 0 aliphatic carbocycles. The summed E-state index contributed by atoms with van der Waals surface area (Å²) in [4.78, 5) is 4.86. The predicted octanol–water partition coefficient (Wildman–Crippen LogP) is 2.72. The second-order valence-electron chi connectivity index (χ2n) is 5.29. The molecule has 1 aromatic rings. The van der Waals surface area contributed by atoms with Crippen molar-refractivity contribution < 1.29 is 0 Å². The number of likely N-dealkylation sites (tertiary alicyclic amines) is 1. The van der Waals surface area contributed by atoms with E-state index in [9.17, 15) is 0 Å². The third-order valence-electron chi connectivity index (χ3n) is 4.09. The van der Waals surface area contributed by atoms with Crippen molar-refractivity contribution in [1.82, 2.24) is 4.90 Å². The molecule has 0 bridgehead atoms. The maximum absolute atomic E-state index is 6.23. The van der Waals surface area contributed by atoms with Gasteiger partial charge in [-0.25, -0.2) is 0 Å². The van der Waals surface area contributed by atoms with Gasteiger partial charge in [0.1, 0.15) is 0 Å². The first-order chi connectivity index (χ1) is 9.15. The zero-order valence-corrected chi connectivity index (χ0v) is 12.7. The summed E-state index contributed by atoms with van der Waals surface area (Å²) in [5.74, 6) is 0. The van der Waals surface area contributed by atoms with Crippen molar-refractivity contribution in [3.8, 4) is 0 Å². The number of anilines is 1. The summed E-state index contributed by atoms with van der Waals surface area (Å²) in [7, 11) is 2.14. The average Bonchev–Trinajstić information content (AvgIpc) is 2.85. The molecule has 4 heteroatoms. The maximum atomic E-state index is 6.23. The molecule has 0 amide bonds. The Hall–Kier alpha value is -0.770. The van der Waals surface area contributed by atoms with Gasteiger partial charge in [-0.05, 0) is 43.6 Å². The first-order valence-corrected chi connectivity index (χ1v) is 7.47. The lowest BCUT2D eigenvalue weighted by molar-refractivity contribution is 0.270. The Balaban J connectivity index is 2.03. The minimum Gasteiger partial charge on any atom is -0.373 e. The van der Waals surface area contributed by atoms with Gasteiger partial charge in [-0.3, -0.25) is 4.90 Å². The minimum absolute atomic E-state index is 0.495. The van der Waals surface area contributed by atoms with Crippen LogP contribution >= 0.6 is 11.6 Å². The molecule has 0 radical (unpaired) electrons. The Morgan fingerprint density at radius 1 is 1.47 bits per heavy atom. The van der Waals surface area contributed by atoms with E-state index in [0.29, 0.717) is 12.6 Å². The number of rotatable bonds is 5. The number of halogens is 1. The van der Waals surface area contributed by atoms with Gasteiger partial charge in [0.25, 0.3) is 0 Å². The summed E-state index contributed by atoms with van der Waals surface area (Å²) in [6.45, 7) is 6.18. The molecule has 0 spiro atoms. The van der Waals surface area contributed by atoms with Crippen molar-refractivity contribution in [2.75, 3.05) is 31.6 Å². The van der Waals surface area contributed by atoms with E-state index in [4.69, 9.17) is 17.3 Å². The molecule has 1 saturated heterocycles. The second-order valence-corrected chi connectivity index (χ2v) is 5.69. The normalized spacial score (nSPS) is 19.9. The molecular weight excluding hydrogens is 258 g/mol. The average molecular weight is 282 g/mol. The zero-order chi connectivity index (χ0) is 13.8. The van der Waals surface area contributed by atoms with E-state index in [1.165, 1.54) is 25.1 Å². The van der Waals surface area contributed by atoms with Crippen LogP contribution in [0.3, 0.4) is 0 Å². The van der Waals surface area contributed by atoms with E-state index in [0.717, 1.165) is 23.7 Å². The number of hydrogen-bond acceptors (Lipinski definition) is 3. The van der Waals surface area contributed by atoms with Crippen LogP contribution in [0, 0.1) is 0 Å². The fraction of sp³-hybridized carbons (Fsp3) is 0.600. The molecule has 0 aromatic heterocycles. The van der Waals surface area contributed by atoms with Crippen LogP contribution in [0.2, 0.25) is 5.02 Å². The zero-order valence-electron chi connectivity index (χ0n) is 11.9. The predicted molar refractivity (Wildman–Crippen MR) is 82.9 cm³/mol. The lowest BCUT2D eigenvalue weighted by Crippen LogP contribution is -2.38. The van der Waals surface area contributed by atoms with Crippen LogP contribution in [0.25, 0.3) is 0 Å². The second kappa shape index (κ2) is 6.60. The fourth-order valence-corrected chi connectivity index (χ4v) is 3.13. The van der Waals surface area contributed by atoms with Gasteiger partial charge >= 0.3 is 0 Å². The minimum atomic E-state index is 0.495. The molecule has 1 atom stereocenters. The van der Waals surface area contributed by atoms with Gasteiger partial charge in [-0.2, -0.15) is 0 Å². The van der Waals surface area contributed by atoms with Crippen molar-refractivity contribution in [1.29, 1.82) is 0 Å². The van der Waals surface area contributed by atoms with E-state index in [2.05, 4.69) is 29.8 Å². The Bertz CT molecular complexity index is 422. The van der Waals surface area contributed by atoms with Crippen molar-refractivity contribution in [2.24, 2.45) is 5.73 Å². The fourth-order valence-electron chi connectivity index (χ4n) is 2.88. The number of nitrogens with zero attached hydrogens (tertiary/aromatic N) is 2. The number of nitrogens with two attached hydrogens (primary N) is 1. The topological polar surface area (TPSA) is 32.5 Å². The van der Waals surface area contributed by atoms with Crippen LogP contribution in [0.5, 0.6) is 0 Å². The third-order valence-corrected chi connectivity index (χ3v) is 4.44. The Morgan fingerprint density at radius 2 is 2.26 bits per heavy atom. The van der Waals surface area contributed by atoms with E-state index < -0.39 is 0 Å². The van der Waals surface area contributed by atoms with Gasteiger partial charge in [-0.1, -0.05) is 24.6 Å². The lowest BCUT2D eigenvalue weighted by atomic mass is 10.1. The van der Waals surface area contributed by atoms with Gasteiger partial charge in [-0.15, -0.1) is 0 Å². The van der Waals surface area contributed by atoms with Crippen LogP contribution in [-0.4, -0.2) is 37.6 Å². The van der Waals surface area contributed by atoms with E-state index in [1.807, 2.05) is 12.1 Å². The molecule has 1 aliphatic heterocycles. The Labute approximate surface area is 121 Å². The van der Waals surface area contributed by atoms with E-state index in [1.54, 1.807) is 0 Å². The molecule has 19 heavy (non-hydrogen) atoms. The summed E-state index contributed by atoms with van der Waals surface area (Å²) in [5.41, 5.74) is 7.82. The number of hydrogen-bond donors (Lipinski definition) is 1. The number of benzene rings is 1. The van der Waals surface area contributed by atoms with Crippen molar-refractivity contribution in [2.45, 2.75) is 32.4 Å². The molecule has 1 heterocycles.